The maximum Gasteiger partial charge on any atom is 0.220 e. The molecule has 0 unspecified atom stereocenters. The fourth-order valence-electron chi connectivity index (χ4n) is 0.998. The third kappa shape index (κ3) is 2.67. The number of ether oxygens (including phenoxy) is 1. The molecule has 0 aliphatic heterocycles. The van der Waals surface area contributed by atoms with Gasteiger partial charge in [0.15, 0.2) is 5.90 Å². The second-order valence-corrected chi connectivity index (χ2v) is 3.81. The Bertz CT molecular complexity index is 388. The van der Waals surface area contributed by atoms with E-state index in [1.807, 2.05) is 19.1 Å². The van der Waals surface area contributed by atoms with Gasteiger partial charge in [0, 0.05) is 17.0 Å². The first-order chi connectivity index (χ1) is 6.50. The third-order valence-electron chi connectivity index (χ3n) is 1.68. The Morgan fingerprint density at radius 2 is 2.00 bits per heavy atom. The highest BCUT2D eigenvalue weighted by Crippen LogP contribution is 2.17. The van der Waals surface area contributed by atoms with E-state index in [4.69, 9.17) is 15.6 Å². The minimum atomic E-state index is 0.00750. The van der Waals surface area contributed by atoms with Crippen molar-refractivity contribution in [1.82, 2.24) is 0 Å². The molecule has 0 heterocycles. The SMILES string of the molecule is CC(=N)OC(=N)c1ccc(Br)c(C)c1. The Morgan fingerprint density at radius 3 is 2.50 bits per heavy atom. The fraction of sp³-hybridized carbons (Fsp3) is 0.200. The first-order valence-corrected chi connectivity index (χ1v) is 4.88. The van der Waals surface area contributed by atoms with E-state index < -0.39 is 0 Å². The second-order valence-electron chi connectivity index (χ2n) is 2.95. The molecular formula is C10H11BrN2O. The summed E-state index contributed by atoms with van der Waals surface area (Å²) >= 11 is 3.38. The zero-order valence-corrected chi connectivity index (χ0v) is 9.60. The van der Waals surface area contributed by atoms with Crippen molar-refractivity contribution in [3.63, 3.8) is 0 Å². The maximum absolute atomic E-state index is 7.55. The predicted octanol–water partition coefficient (Wildman–Crippen LogP) is 3.10. The van der Waals surface area contributed by atoms with Crippen LogP contribution >= 0.6 is 15.9 Å². The average Bonchev–Trinajstić information content (AvgIpc) is 2.08. The molecule has 4 heteroatoms. The highest BCUT2D eigenvalue weighted by molar-refractivity contribution is 9.10. The van der Waals surface area contributed by atoms with Crippen LogP contribution in [0.2, 0.25) is 0 Å². The number of hydrogen-bond donors (Lipinski definition) is 2. The molecule has 0 amide bonds. The summed E-state index contributed by atoms with van der Waals surface area (Å²) in [5, 5.41) is 14.6. The van der Waals surface area contributed by atoms with Gasteiger partial charge in [0.05, 0.1) is 0 Å². The van der Waals surface area contributed by atoms with E-state index in [0.717, 1.165) is 10.0 Å². The Morgan fingerprint density at radius 1 is 1.36 bits per heavy atom. The van der Waals surface area contributed by atoms with Gasteiger partial charge in [0.25, 0.3) is 0 Å². The molecule has 3 nitrogen and oxygen atoms in total. The molecular weight excluding hydrogens is 244 g/mol. The van der Waals surface area contributed by atoms with Gasteiger partial charge in [-0.15, -0.1) is 0 Å². The van der Waals surface area contributed by atoms with Gasteiger partial charge in [-0.2, -0.15) is 0 Å². The largest absolute Gasteiger partial charge is 0.426 e. The number of hydrogen-bond acceptors (Lipinski definition) is 3. The Kier molecular flexibility index (Phi) is 3.41. The molecule has 1 rings (SSSR count). The molecule has 0 atom stereocenters. The van der Waals surface area contributed by atoms with Crippen LogP contribution in [0.1, 0.15) is 18.1 Å². The first-order valence-electron chi connectivity index (χ1n) is 4.09. The predicted molar refractivity (Wildman–Crippen MR) is 60.2 cm³/mol. The number of rotatable bonds is 1. The number of nitrogens with one attached hydrogen (secondary N) is 2. The summed E-state index contributed by atoms with van der Waals surface area (Å²) in [6.07, 6.45) is 0. The molecule has 0 aliphatic carbocycles. The highest BCUT2D eigenvalue weighted by Gasteiger charge is 2.05. The fourth-order valence-corrected chi connectivity index (χ4v) is 1.24. The summed E-state index contributed by atoms with van der Waals surface area (Å²) in [6.45, 7) is 3.44. The van der Waals surface area contributed by atoms with E-state index in [2.05, 4.69) is 15.9 Å². The molecule has 74 valence electrons. The molecule has 14 heavy (non-hydrogen) atoms. The van der Waals surface area contributed by atoms with Crippen molar-refractivity contribution in [3.8, 4) is 0 Å². The van der Waals surface area contributed by atoms with Crippen molar-refractivity contribution in [2.45, 2.75) is 13.8 Å². The summed E-state index contributed by atoms with van der Waals surface area (Å²) in [7, 11) is 0. The van der Waals surface area contributed by atoms with Gasteiger partial charge in [0.2, 0.25) is 5.90 Å². The van der Waals surface area contributed by atoms with Gasteiger partial charge < -0.3 is 4.74 Å². The number of benzene rings is 1. The zero-order valence-electron chi connectivity index (χ0n) is 8.02. The van der Waals surface area contributed by atoms with Crippen molar-refractivity contribution >= 4 is 27.7 Å². The van der Waals surface area contributed by atoms with Crippen LogP contribution in [0.3, 0.4) is 0 Å². The summed E-state index contributed by atoms with van der Waals surface area (Å²) in [5.74, 6) is 0.0312. The third-order valence-corrected chi connectivity index (χ3v) is 2.57. The van der Waals surface area contributed by atoms with Gasteiger partial charge in [0.1, 0.15) is 0 Å². The van der Waals surface area contributed by atoms with Crippen molar-refractivity contribution < 1.29 is 4.74 Å². The zero-order chi connectivity index (χ0) is 10.7. The smallest absolute Gasteiger partial charge is 0.220 e. The van der Waals surface area contributed by atoms with Crippen molar-refractivity contribution in [3.05, 3.63) is 33.8 Å². The van der Waals surface area contributed by atoms with Gasteiger partial charge in [-0.05, 0) is 30.7 Å². The maximum atomic E-state index is 7.55. The van der Waals surface area contributed by atoms with Gasteiger partial charge in [-0.25, -0.2) is 0 Å². The molecule has 1 aromatic carbocycles. The molecule has 0 aliphatic rings. The van der Waals surface area contributed by atoms with Gasteiger partial charge >= 0.3 is 0 Å². The Labute approximate surface area is 91.2 Å². The molecule has 0 aromatic heterocycles. The monoisotopic (exact) mass is 254 g/mol. The minimum Gasteiger partial charge on any atom is -0.426 e. The molecule has 1 aromatic rings. The molecule has 0 saturated heterocycles. The summed E-state index contributed by atoms with van der Waals surface area (Å²) in [4.78, 5) is 0. The van der Waals surface area contributed by atoms with E-state index in [1.165, 1.54) is 6.92 Å². The molecule has 0 fully saturated rings. The quantitative estimate of drug-likeness (QED) is 0.588. The molecule has 0 bridgehead atoms. The lowest BCUT2D eigenvalue weighted by Crippen LogP contribution is -2.08. The van der Waals surface area contributed by atoms with Crippen LogP contribution in [0, 0.1) is 17.7 Å². The molecule has 0 radical (unpaired) electrons. The molecule has 0 saturated carbocycles. The minimum absolute atomic E-state index is 0.00750. The summed E-state index contributed by atoms with van der Waals surface area (Å²) < 4.78 is 5.88. The average molecular weight is 255 g/mol. The van der Waals surface area contributed by atoms with Gasteiger partial charge in [-0.3, -0.25) is 10.8 Å². The standard InChI is InChI=1S/C10H11BrN2O/c1-6-5-8(3-4-9(6)11)10(13)14-7(2)12/h3-5,12-13H,1-2H3. The van der Waals surface area contributed by atoms with Crippen LogP contribution < -0.4 is 0 Å². The van der Waals surface area contributed by atoms with Gasteiger partial charge in [-0.1, -0.05) is 15.9 Å². The normalized spacial score (nSPS) is 9.64. The van der Waals surface area contributed by atoms with Crippen LogP contribution in [0.25, 0.3) is 0 Å². The summed E-state index contributed by atoms with van der Waals surface area (Å²) in [5.41, 5.74) is 1.72. The van der Waals surface area contributed by atoms with Crippen LogP contribution in [-0.4, -0.2) is 11.8 Å². The van der Waals surface area contributed by atoms with Crippen LogP contribution in [-0.2, 0) is 4.74 Å². The lowest BCUT2D eigenvalue weighted by molar-refractivity contribution is 0.532. The van der Waals surface area contributed by atoms with E-state index in [-0.39, 0.29) is 11.8 Å². The van der Waals surface area contributed by atoms with E-state index >= 15 is 0 Å². The lowest BCUT2D eigenvalue weighted by atomic mass is 10.1. The molecule has 0 spiro atoms. The summed E-state index contributed by atoms with van der Waals surface area (Å²) in [6, 6.07) is 5.49. The van der Waals surface area contributed by atoms with E-state index in [0.29, 0.717) is 5.56 Å². The topological polar surface area (TPSA) is 56.9 Å². The second kappa shape index (κ2) is 4.37. The van der Waals surface area contributed by atoms with E-state index in [1.54, 1.807) is 6.07 Å². The number of aryl methyl sites for hydroxylation is 1. The Balaban J connectivity index is 2.91. The van der Waals surface area contributed by atoms with Crippen molar-refractivity contribution in [2.75, 3.05) is 0 Å². The van der Waals surface area contributed by atoms with Crippen LogP contribution in [0.15, 0.2) is 22.7 Å². The first kappa shape index (κ1) is 10.9. The molecule has 2 N–H and O–H groups in total. The number of halogens is 1. The van der Waals surface area contributed by atoms with Crippen molar-refractivity contribution in [1.29, 1.82) is 10.8 Å². The van der Waals surface area contributed by atoms with Crippen molar-refractivity contribution in [2.24, 2.45) is 0 Å². The van der Waals surface area contributed by atoms with E-state index in [9.17, 15) is 0 Å². The Hall–Kier alpha value is -1.16. The van der Waals surface area contributed by atoms with Crippen LogP contribution in [0.5, 0.6) is 0 Å². The lowest BCUT2D eigenvalue weighted by Gasteiger charge is -2.06. The highest BCUT2D eigenvalue weighted by atomic mass is 79.9. The van der Waals surface area contributed by atoms with Crippen LogP contribution in [0.4, 0.5) is 0 Å².